The van der Waals surface area contributed by atoms with E-state index >= 15 is 0 Å². The van der Waals surface area contributed by atoms with E-state index < -0.39 is 16.7 Å². The number of nitro benzene ring substituents is 1. The van der Waals surface area contributed by atoms with E-state index in [2.05, 4.69) is 0 Å². The molecule has 8 nitrogen and oxygen atoms in total. The number of nitrogens with zero attached hydrogens (tertiary/aromatic N) is 3. The Morgan fingerprint density at radius 2 is 2.00 bits per heavy atom. The highest BCUT2D eigenvalue weighted by Crippen LogP contribution is 2.44. The topological polar surface area (TPSA) is 110 Å². The molecule has 0 spiro atoms. The van der Waals surface area contributed by atoms with Gasteiger partial charge in [0.25, 0.3) is 17.5 Å². The molecule has 0 aliphatic carbocycles. The highest BCUT2D eigenvalue weighted by molar-refractivity contribution is 8.26. The minimum absolute atomic E-state index is 0.0867. The lowest BCUT2D eigenvalue weighted by Gasteiger charge is -2.08. The molecule has 0 radical (unpaired) electrons. The number of nitrogens with two attached hydrogens (primary N) is 1. The molecule has 2 amide bonds. The summed E-state index contributed by atoms with van der Waals surface area (Å²) in [6.07, 6.45) is 0. The lowest BCUT2D eigenvalue weighted by molar-refractivity contribution is -0.384. The quantitative estimate of drug-likeness (QED) is 0.203. The lowest BCUT2D eigenvalue weighted by atomic mass is 10.1. The van der Waals surface area contributed by atoms with E-state index in [1.54, 1.807) is 0 Å². The number of benzene rings is 1. The van der Waals surface area contributed by atoms with E-state index in [-0.39, 0.29) is 20.5 Å². The van der Waals surface area contributed by atoms with Gasteiger partial charge in [-0.15, -0.1) is 0 Å². The van der Waals surface area contributed by atoms with Crippen LogP contribution in [0.15, 0.2) is 23.1 Å². The number of hydrazine groups is 1. The smallest absolute Gasteiger partial charge is 0.281 e. The number of nitro groups is 1. The molecule has 2 aliphatic heterocycles. The summed E-state index contributed by atoms with van der Waals surface area (Å²) in [4.78, 5) is 36.3. The van der Waals surface area contributed by atoms with Crippen LogP contribution in [0, 0.1) is 10.1 Å². The standard InChI is InChI=1S/C12H8N4O4S2/c1-14-7-3-2-5(16(19)20)4-6(7)8(10(14)17)9-11(18)15(13)12(21)22-9/h2-4H,13H2,1H3. The van der Waals surface area contributed by atoms with Crippen LogP contribution in [0.5, 0.6) is 0 Å². The van der Waals surface area contributed by atoms with E-state index in [4.69, 9.17) is 18.1 Å². The molecule has 22 heavy (non-hydrogen) atoms. The maximum absolute atomic E-state index is 12.4. The van der Waals surface area contributed by atoms with Gasteiger partial charge in [-0.1, -0.05) is 24.0 Å². The Morgan fingerprint density at radius 3 is 2.55 bits per heavy atom. The molecule has 0 bridgehead atoms. The van der Waals surface area contributed by atoms with Crippen molar-refractivity contribution in [1.82, 2.24) is 5.01 Å². The Labute approximate surface area is 133 Å². The molecule has 0 aromatic heterocycles. The third kappa shape index (κ3) is 1.92. The Balaban J connectivity index is 2.26. The summed E-state index contributed by atoms with van der Waals surface area (Å²) in [5.41, 5.74) is 0.748. The van der Waals surface area contributed by atoms with Crippen molar-refractivity contribution in [2.45, 2.75) is 0 Å². The van der Waals surface area contributed by atoms with Gasteiger partial charge in [-0.25, -0.2) is 10.9 Å². The summed E-state index contributed by atoms with van der Waals surface area (Å²) < 4.78 is 0.127. The summed E-state index contributed by atoms with van der Waals surface area (Å²) in [6, 6.07) is 4.05. The Hall–Kier alpha value is -2.30. The number of thioether (sulfide) groups is 1. The fourth-order valence-electron chi connectivity index (χ4n) is 2.27. The fourth-order valence-corrected chi connectivity index (χ4v) is 3.45. The molecule has 10 heteroatoms. The van der Waals surface area contributed by atoms with Crippen molar-refractivity contribution in [1.29, 1.82) is 0 Å². The zero-order chi connectivity index (χ0) is 16.2. The van der Waals surface area contributed by atoms with Gasteiger partial charge < -0.3 is 4.90 Å². The molecule has 0 unspecified atom stereocenters. The second-order valence-electron chi connectivity index (χ2n) is 4.57. The molecular formula is C12H8N4O4S2. The lowest BCUT2D eigenvalue weighted by Crippen LogP contribution is -2.35. The van der Waals surface area contributed by atoms with Crippen molar-refractivity contribution >= 4 is 57.1 Å². The number of likely N-dealkylation sites (N-methyl/N-ethyl adjacent to an activating group) is 1. The van der Waals surface area contributed by atoms with E-state index in [1.807, 2.05) is 0 Å². The highest BCUT2D eigenvalue weighted by atomic mass is 32.2. The molecular weight excluding hydrogens is 328 g/mol. The van der Waals surface area contributed by atoms with E-state index in [9.17, 15) is 19.7 Å². The molecule has 1 aromatic rings. The SMILES string of the molecule is CN1C(=O)C(=C2SC(=S)N(N)C2=O)c2cc([N+](=O)[O-])ccc21. The number of thiocarbonyl (C=S) groups is 1. The predicted molar refractivity (Wildman–Crippen MR) is 84.6 cm³/mol. The van der Waals surface area contributed by atoms with Crippen LogP contribution < -0.4 is 10.7 Å². The largest absolute Gasteiger partial charge is 0.311 e. The summed E-state index contributed by atoms with van der Waals surface area (Å²) in [6.45, 7) is 0. The third-order valence-corrected chi connectivity index (χ3v) is 4.77. The number of hydrogen-bond acceptors (Lipinski definition) is 7. The zero-order valence-corrected chi connectivity index (χ0v) is 12.7. The number of non-ortho nitro benzene ring substituents is 1. The second-order valence-corrected chi connectivity index (χ2v) is 6.21. The predicted octanol–water partition coefficient (Wildman–Crippen LogP) is 1.02. The molecule has 1 fully saturated rings. The van der Waals surface area contributed by atoms with Gasteiger partial charge in [0.2, 0.25) is 0 Å². The number of anilines is 1. The molecule has 0 atom stereocenters. The number of hydrogen-bond donors (Lipinski definition) is 1. The number of amides is 2. The summed E-state index contributed by atoms with van der Waals surface area (Å²) in [7, 11) is 1.53. The van der Waals surface area contributed by atoms with Gasteiger partial charge in [-0.2, -0.15) is 0 Å². The van der Waals surface area contributed by atoms with E-state index in [1.165, 1.54) is 30.1 Å². The first-order chi connectivity index (χ1) is 10.3. The van der Waals surface area contributed by atoms with Crippen LogP contribution in [0.3, 0.4) is 0 Å². The van der Waals surface area contributed by atoms with Gasteiger partial charge in [0, 0.05) is 24.7 Å². The van der Waals surface area contributed by atoms with Crippen LogP contribution in [-0.2, 0) is 9.59 Å². The van der Waals surface area contributed by atoms with Gasteiger partial charge in [0.15, 0.2) is 4.32 Å². The van der Waals surface area contributed by atoms with Gasteiger partial charge in [-0.05, 0) is 6.07 Å². The number of fused-ring (bicyclic) bond motifs is 1. The minimum atomic E-state index is -0.592. The first-order valence-electron chi connectivity index (χ1n) is 5.95. The van der Waals surface area contributed by atoms with Crippen molar-refractivity contribution < 1.29 is 14.5 Å². The Bertz CT molecular complexity index is 804. The van der Waals surface area contributed by atoms with Crippen molar-refractivity contribution in [3.63, 3.8) is 0 Å². The van der Waals surface area contributed by atoms with Crippen LogP contribution in [0.2, 0.25) is 0 Å². The molecule has 2 N–H and O–H groups in total. The van der Waals surface area contributed by atoms with Crippen LogP contribution in [0.4, 0.5) is 11.4 Å². The monoisotopic (exact) mass is 336 g/mol. The molecule has 2 heterocycles. The molecule has 2 aliphatic rings. The van der Waals surface area contributed by atoms with Crippen LogP contribution >= 0.6 is 24.0 Å². The molecule has 0 saturated carbocycles. The maximum Gasteiger partial charge on any atom is 0.281 e. The van der Waals surface area contributed by atoms with Crippen molar-refractivity contribution in [2.24, 2.45) is 5.84 Å². The van der Waals surface area contributed by atoms with E-state index in [0.717, 1.165) is 16.8 Å². The van der Waals surface area contributed by atoms with E-state index in [0.29, 0.717) is 11.3 Å². The Morgan fingerprint density at radius 1 is 1.32 bits per heavy atom. The van der Waals surface area contributed by atoms with Crippen LogP contribution in [0.1, 0.15) is 5.56 Å². The molecule has 3 rings (SSSR count). The third-order valence-electron chi connectivity index (χ3n) is 3.37. The minimum Gasteiger partial charge on any atom is -0.311 e. The van der Waals surface area contributed by atoms with Gasteiger partial charge in [-0.3, -0.25) is 19.7 Å². The van der Waals surface area contributed by atoms with Crippen molar-refractivity contribution in [3.05, 3.63) is 38.8 Å². The molecule has 1 saturated heterocycles. The van der Waals surface area contributed by atoms with Crippen LogP contribution in [0.25, 0.3) is 5.57 Å². The van der Waals surface area contributed by atoms with Crippen LogP contribution in [-0.4, -0.2) is 33.1 Å². The van der Waals surface area contributed by atoms with Gasteiger partial charge in [0.05, 0.1) is 21.1 Å². The van der Waals surface area contributed by atoms with Crippen molar-refractivity contribution in [3.8, 4) is 0 Å². The Kier molecular flexibility index (Phi) is 3.24. The van der Waals surface area contributed by atoms with Crippen molar-refractivity contribution in [2.75, 3.05) is 11.9 Å². The highest BCUT2D eigenvalue weighted by Gasteiger charge is 2.40. The average molecular weight is 336 g/mol. The fraction of sp³-hybridized carbons (Fsp3) is 0.0833. The maximum atomic E-state index is 12.4. The second kappa shape index (κ2) is 4.87. The van der Waals surface area contributed by atoms with Gasteiger partial charge in [0.1, 0.15) is 0 Å². The average Bonchev–Trinajstić information content (AvgIpc) is 2.88. The number of rotatable bonds is 1. The molecule has 1 aromatic carbocycles. The summed E-state index contributed by atoms with van der Waals surface area (Å²) >= 11 is 5.85. The number of carbonyl (C=O) groups excluding carboxylic acids is 2. The number of carbonyl (C=O) groups is 2. The normalized spacial score (nSPS) is 20.9. The molecule has 112 valence electrons. The summed E-state index contributed by atoms with van der Waals surface area (Å²) in [5.74, 6) is 4.49. The first kappa shape index (κ1) is 14.6. The zero-order valence-electron chi connectivity index (χ0n) is 11.1. The summed E-state index contributed by atoms with van der Waals surface area (Å²) in [5, 5.41) is 11.7. The first-order valence-corrected chi connectivity index (χ1v) is 7.17. The van der Waals surface area contributed by atoms with Gasteiger partial charge >= 0.3 is 0 Å².